The van der Waals surface area contributed by atoms with Crippen molar-refractivity contribution in [2.45, 2.75) is 57.2 Å². The second-order valence-electron chi connectivity index (χ2n) is 6.71. The third-order valence-corrected chi connectivity index (χ3v) is 5.18. The molecule has 2 aliphatic rings. The molecule has 3 heteroatoms. The Morgan fingerprint density at radius 2 is 2.15 bits per heavy atom. The van der Waals surface area contributed by atoms with E-state index in [1.54, 1.807) is 0 Å². The lowest BCUT2D eigenvalue weighted by atomic mass is 10.0. The third kappa shape index (κ3) is 3.26. The van der Waals surface area contributed by atoms with Crippen molar-refractivity contribution in [1.82, 2.24) is 14.8 Å². The van der Waals surface area contributed by atoms with Gasteiger partial charge in [0.15, 0.2) is 0 Å². The minimum atomic E-state index is 0.577. The van der Waals surface area contributed by atoms with Crippen molar-refractivity contribution in [1.29, 1.82) is 0 Å². The molecule has 2 heterocycles. The minimum Gasteiger partial charge on any atom is -0.354 e. The fraction of sp³-hybridized carbons (Fsp3) is 0.765. The standard InChI is InChI=1S/C17H29N3/c1-18-17(14-6-7-14)15-8-11-20(13-15)12-9-16-5-3-4-10-19(16)2/h8,11,13-14,16-18H,3-7,9-10,12H2,1-2H3. The molecule has 0 amide bonds. The Morgan fingerprint density at radius 1 is 1.30 bits per heavy atom. The van der Waals surface area contributed by atoms with Crippen LogP contribution in [0.25, 0.3) is 0 Å². The Hall–Kier alpha value is -0.800. The fourth-order valence-electron chi connectivity index (χ4n) is 3.69. The molecule has 3 nitrogen and oxygen atoms in total. The van der Waals surface area contributed by atoms with E-state index < -0.39 is 0 Å². The Kier molecular flexibility index (Phi) is 4.47. The van der Waals surface area contributed by atoms with E-state index >= 15 is 0 Å². The maximum absolute atomic E-state index is 3.48. The van der Waals surface area contributed by atoms with Crippen molar-refractivity contribution in [3.63, 3.8) is 0 Å². The highest BCUT2D eigenvalue weighted by Crippen LogP contribution is 2.40. The summed E-state index contributed by atoms with van der Waals surface area (Å²) in [5.74, 6) is 0.875. The predicted octanol–water partition coefficient (Wildman–Crippen LogP) is 3.03. The van der Waals surface area contributed by atoms with E-state index in [9.17, 15) is 0 Å². The van der Waals surface area contributed by atoms with E-state index in [0.29, 0.717) is 6.04 Å². The molecular weight excluding hydrogens is 246 g/mol. The number of likely N-dealkylation sites (tertiary alicyclic amines) is 1. The molecule has 1 aliphatic heterocycles. The fourth-order valence-corrected chi connectivity index (χ4v) is 3.69. The molecule has 1 saturated heterocycles. The molecule has 2 unspecified atom stereocenters. The van der Waals surface area contributed by atoms with Crippen LogP contribution in [0.1, 0.15) is 50.1 Å². The highest BCUT2D eigenvalue weighted by molar-refractivity contribution is 5.18. The second-order valence-corrected chi connectivity index (χ2v) is 6.71. The van der Waals surface area contributed by atoms with Crippen molar-refractivity contribution in [2.75, 3.05) is 20.6 Å². The number of piperidine rings is 1. The van der Waals surface area contributed by atoms with Crippen LogP contribution in [0.5, 0.6) is 0 Å². The monoisotopic (exact) mass is 275 g/mol. The number of rotatable bonds is 6. The first-order valence-electron chi connectivity index (χ1n) is 8.31. The van der Waals surface area contributed by atoms with E-state index in [1.165, 1.54) is 50.6 Å². The number of aromatic nitrogens is 1. The van der Waals surface area contributed by atoms with E-state index in [4.69, 9.17) is 0 Å². The molecule has 1 aliphatic carbocycles. The highest BCUT2D eigenvalue weighted by Gasteiger charge is 2.31. The summed E-state index contributed by atoms with van der Waals surface area (Å²) in [4.78, 5) is 2.55. The molecule has 0 spiro atoms. The summed E-state index contributed by atoms with van der Waals surface area (Å²) in [6, 6.07) is 3.68. The normalized spacial score (nSPS) is 25.8. The molecule has 0 radical (unpaired) electrons. The lowest BCUT2D eigenvalue weighted by molar-refractivity contribution is 0.171. The Labute approximate surface area is 123 Å². The summed E-state index contributed by atoms with van der Waals surface area (Å²) < 4.78 is 2.39. The van der Waals surface area contributed by atoms with Crippen molar-refractivity contribution in [3.8, 4) is 0 Å². The number of aryl methyl sites for hydroxylation is 1. The van der Waals surface area contributed by atoms with Gasteiger partial charge in [-0.05, 0) is 70.3 Å². The van der Waals surface area contributed by atoms with Gasteiger partial charge >= 0.3 is 0 Å². The van der Waals surface area contributed by atoms with Gasteiger partial charge in [-0.25, -0.2) is 0 Å². The van der Waals surface area contributed by atoms with Crippen LogP contribution in [0, 0.1) is 5.92 Å². The quantitative estimate of drug-likeness (QED) is 0.861. The first-order chi connectivity index (χ1) is 9.78. The molecule has 0 aromatic carbocycles. The zero-order valence-electron chi connectivity index (χ0n) is 13.0. The summed E-state index contributed by atoms with van der Waals surface area (Å²) in [5.41, 5.74) is 1.48. The van der Waals surface area contributed by atoms with Gasteiger partial charge in [-0.2, -0.15) is 0 Å². The largest absolute Gasteiger partial charge is 0.354 e. The van der Waals surface area contributed by atoms with Crippen molar-refractivity contribution in [3.05, 3.63) is 24.0 Å². The minimum absolute atomic E-state index is 0.577. The van der Waals surface area contributed by atoms with Crippen LogP contribution in [0.3, 0.4) is 0 Å². The number of nitrogens with one attached hydrogen (secondary N) is 1. The summed E-state index contributed by atoms with van der Waals surface area (Å²) >= 11 is 0. The van der Waals surface area contributed by atoms with Gasteiger partial charge < -0.3 is 14.8 Å². The smallest absolute Gasteiger partial charge is 0.0361 e. The molecule has 112 valence electrons. The maximum atomic E-state index is 3.48. The second kappa shape index (κ2) is 6.31. The topological polar surface area (TPSA) is 20.2 Å². The van der Waals surface area contributed by atoms with Gasteiger partial charge in [0.25, 0.3) is 0 Å². The molecular formula is C17H29N3. The van der Waals surface area contributed by atoms with Crippen molar-refractivity contribution in [2.24, 2.45) is 5.92 Å². The van der Waals surface area contributed by atoms with Crippen LogP contribution >= 0.6 is 0 Å². The van der Waals surface area contributed by atoms with Gasteiger partial charge in [0.1, 0.15) is 0 Å². The van der Waals surface area contributed by atoms with E-state index in [-0.39, 0.29) is 0 Å². The lowest BCUT2D eigenvalue weighted by Crippen LogP contribution is -2.36. The molecule has 20 heavy (non-hydrogen) atoms. The Morgan fingerprint density at radius 3 is 2.85 bits per heavy atom. The van der Waals surface area contributed by atoms with Crippen LogP contribution in [0.4, 0.5) is 0 Å². The third-order valence-electron chi connectivity index (χ3n) is 5.18. The van der Waals surface area contributed by atoms with Gasteiger partial charge in [0.2, 0.25) is 0 Å². The van der Waals surface area contributed by atoms with Crippen LogP contribution in [-0.4, -0.2) is 36.1 Å². The Balaban J connectivity index is 1.54. The summed E-state index contributed by atoms with van der Waals surface area (Å²) in [6.45, 7) is 2.45. The molecule has 1 aromatic rings. The molecule has 2 atom stereocenters. The predicted molar refractivity (Wildman–Crippen MR) is 83.8 cm³/mol. The van der Waals surface area contributed by atoms with Crippen molar-refractivity contribution >= 4 is 0 Å². The zero-order valence-corrected chi connectivity index (χ0v) is 13.0. The number of nitrogens with zero attached hydrogens (tertiary/aromatic N) is 2. The SMILES string of the molecule is CNC(c1ccn(CCC2CCCCN2C)c1)C1CC1. The van der Waals surface area contributed by atoms with Crippen molar-refractivity contribution < 1.29 is 0 Å². The average molecular weight is 275 g/mol. The van der Waals surface area contributed by atoms with Crippen LogP contribution in [0.2, 0.25) is 0 Å². The molecule has 0 bridgehead atoms. The van der Waals surface area contributed by atoms with Crippen LogP contribution in [0.15, 0.2) is 18.5 Å². The maximum Gasteiger partial charge on any atom is 0.0361 e. The van der Waals surface area contributed by atoms with E-state index in [2.05, 4.69) is 47.3 Å². The zero-order chi connectivity index (χ0) is 13.9. The lowest BCUT2D eigenvalue weighted by Gasteiger charge is -2.32. The summed E-state index contributed by atoms with van der Waals surface area (Å²) in [6.07, 6.45) is 12.9. The van der Waals surface area contributed by atoms with Crippen LogP contribution < -0.4 is 5.32 Å². The van der Waals surface area contributed by atoms with Gasteiger partial charge in [-0.1, -0.05) is 6.42 Å². The molecule has 1 N–H and O–H groups in total. The van der Waals surface area contributed by atoms with E-state index in [0.717, 1.165) is 18.5 Å². The first-order valence-corrected chi connectivity index (χ1v) is 8.31. The molecule has 1 aromatic heterocycles. The van der Waals surface area contributed by atoms with Crippen LogP contribution in [-0.2, 0) is 6.54 Å². The van der Waals surface area contributed by atoms with Gasteiger partial charge in [0.05, 0.1) is 0 Å². The molecule has 2 fully saturated rings. The molecule has 1 saturated carbocycles. The summed E-state index contributed by atoms with van der Waals surface area (Å²) in [7, 11) is 4.38. The highest BCUT2D eigenvalue weighted by atomic mass is 15.1. The van der Waals surface area contributed by atoms with Gasteiger partial charge in [-0.15, -0.1) is 0 Å². The first kappa shape index (κ1) is 14.2. The summed E-state index contributed by atoms with van der Waals surface area (Å²) in [5, 5.41) is 3.48. The number of hydrogen-bond donors (Lipinski definition) is 1. The van der Waals surface area contributed by atoms with Gasteiger partial charge in [-0.3, -0.25) is 0 Å². The number of hydrogen-bond acceptors (Lipinski definition) is 2. The molecule has 3 rings (SSSR count). The Bertz CT molecular complexity index is 422. The van der Waals surface area contributed by atoms with Gasteiger partial charge in [0, 0.05) is 31.0 Å². The van der Waals surface area contributed by atoms with E-state index in [1.807, 2.05) is 0 Å². The average Bonchev–Trinajstić information content (AvgIpc) is 3.18.